The first-order chi connectivity index (χ1) is 35.5. The van der Waals surface area contributed by atoms with E-state index in [2.05, 4.69) is 10.3 Å². The molecule has 5 N–H and O–H groups in total. The molecule has 5 heterocycles. The SMILES string of the molecule is CC[C@H]1OC(=O)[C@H](C)[C@@H](C2C[C@@](C)(OC)[C@@H](O)[C@H](C)O2)[C@H](C)[C@@H](O[C@@H]2O[C@H](C)C[C@H](N(C)CCc3cn([C@H](CF)[C@H](OC)c4ccc(C5CCS(=O)(=O)C5)cc4)nn3)[C@H]2O)[C@](C)(O)C[C@@H](C)CN(C)[C@H](C)[C@@H](O)[C@]1(C)O. The van der Waals surface area contributed by atoms with Gasteiger partial charge in [0.1, 0.15) is 48.8 Å². The van der Waals surface area contributed by atoms with E-state index in [1.54, 1.807) is 47.7 Å². The van der Waals surface area contributed by atoms with Gasteiger partial charge < -0.3 is 63.8 Å². The summed E-state index contributed by atoms with van der Waals surface area (Å²) >= 11 is 0. The third-order valence-corrected chi connectivity index (χ3v) is 19.6. The van der Waals surface area contributed by atoms with Crippen LogP contribution in [0.1, 0.15) is 136 Å². The van der Waals surface area contributed by atoms with Crippen LogP contribution >= 0.6 is 0 Å². The Morgan fingerprint density at radius 3 is 2.25 bits per heavy atom. The number of cyclic esters (lactones) is 1. The van der Waals surface area contributed by atoms with Gasteiger partial charge in [-0.05, 0) is 110 Å². The Balaban J connectivity index is 1.25. The van der Waals surface area contributed by atoms with Crippen molar-refractivity contribution in [3.05, 3.63) is 47.3 Å². The van der Waals surface area contributed by atoms with E-state index in [4.69, 9.17) is 28.4 Å². The summed E-state index contributed by atoms with van der Waals surface area (Å²) in [6.07, 6.45) is -5.93. The molecule has 434 valence electrons. The van der Waals surface area contributed by atoms with Crippen molar-refractivity contribution >= 4 is 15.8 Å². The van der Waals surface area contributed by atoms with Gasteiger partial charge in [0, 0.05) is 64.3 Å². The molecule has 0 radical (unpaired) electrons. The largest absolute Gasteiger partial charge is 0.459 e. The van der Waals surface area contributed by atoms with Gasteiger partial charge >= 0.3 is 5.97 Å². The highest BCUT2D eigenvalue weighted by atomic mass is 32.2. The zero-order valence-corrected chi connectivity index (χ0v) is 48.3. The monoisotopic (exact) mass is 1100 g/mol. The Bertz CT molecular complexity index is 2290. The molecule has 2 aromatic rings. The number of sulfone groups is 1. The highest BCUT2D eigenvalue weighted by Crippen LogP contribution is 2.45. The molecule has 21 heteroatoms. The number of hydrogen-bond donors (Lipinski definition) is 5. The number of aliphatic hydroxyl groups excluding tert-OH is 3. The van der Waals surface area contributed by atoms with Crippen LogP contribution in [-0.2, 0) is 49.5 Å². The number of halogens is 1. The van der Waals surface area contributed by atoms with Crippen molar-refractivity contribution in [2.24, 2.45) is 23.7 Å². The predicted molar refractivity (Wildman–Crippen MR) is 283 cm³/mol. The fourth-order valence-corrected chi connectivity index (χ4v) is 14.9. The van der Waals surface area contributed by atoms with Crippen LogP contribution in [0, 0.1) is 23.7 Å². The molecule has 0 amide bonds. The van der Waals surface area contributed by atoms with E-state index in [0.717, 1.165) is 11.1 Å². The molecule has 2 unspecified atom stereocenters. The van der Waals surface area contributed by atoms with Crippen molar-refractivity contribution in [3.8, 4) is 0 Å². The lowest BCUT2D eigenvalue weighted by Gasteiger charge is -2.51. The average Bonchev–Trinajstić information content (AvgIpc) is 4.00. The summed E-state index contributed by atoms with van der Waals surface area (Å²) in [7, 11) is 3.68. The molecule has 19 nitrogen and oxygen atoms in total. The van der Waals surface area contributed by atoms with E-state index in [1.165, 1.54) is 25.8 Å². The Labute approximate surface area is 451 Å². The van der Waals surface area contributed by atoms with E-state index in [0.29, 0.717) is 38.0 Å². The maximum atomic E-state index is 14.9. The van der Waals surface area contributed by atoms with Gasteiger partial charge in [-0.3, -0.25) is 4.79 Å². The van der Waals surface area contributed by atoms with Gasteiger partial charge in [0.05, 0.1) is 58.7 Å². The quantitative estimate of drug-likeness (QED) is 0.157. The first-order valence-electron chi connectivity index (χ1n) is 27.4. The Kier molecular flexibility index (Phi) is 20.8. The first-order valence-corrected chi connectivity index (χ1v) is 29.3. The van der Waals surface area contributed by atoms with Gasteiger partial charge in [-0.2, -0.15) is 0 Å². The number of carbonyl (C=O) groups excluding carboxylic acids is 1. The van der Waals surface area contributed by atoms with Crippen LogP contribution in [0.15, 0.2) is 30.5 Å². The molecule has 4 aliphatic rings. The van der Waals surface area contributed by atoms with Crippen molar-refractivity contribution in [2.45, 2.75) is 210 Å². The summed E-state index contributed by atoms with van der Waals surface area (Å²) in [5.41, 5.74) is -2.33. The second-order valence-electron chi connectivity index (χ2n) is 23.9. The van der Waals surface area contributed by atoms with Crippen LogP contribution < -0.4 is 0 Å². The van der Waals surface area contributed by atoms with Crippen LogP contribution in [-0.4, -0.2) is 208 Å². The number of benzene rings is 1. The second-order valence-corrected chi connectivity index (χ2v) is 26.1. The van der Waals surface area contributed by atoms with Gasteiger partial charge in [-0.25, -0.2) is 17.5 Å². The number of hydrogen-bond acceptors (Lipinski definition) is 18. The molecule has 0 bridgehead atoms. The Morgan fingerprint density at radius 2 is 1.66 bits per heavy atom. The number of nitrogens with zero attached hydrogens (tertiary/aromatic N) is 5. The number of aliphatic hydroxyl groups is 5. The van der Waals surface area contributed by atoms with E-state index >= 15 is 0 Å². The highest BCUT2D eigenvalue weighted by Gasteiger charge is 2.55. The molecule has 1 aromatic heterocycles. The van der Waals surface area contributed by atoms with Crippen LogP contribution in [0.5, 0.6) is 0 Å². The topological polar surface area (TPSA) is 245 Å². The molecule has 1 aromatic carbocycles. The molecule has 0 aliphatic carbocycles. The number of rotatable bonds is 15. The third kappa shape index (κ3) is 13.9. The van der Waals surface area contributed by atoms with Gasteiger partial charge in [-0.1, -0.05) is 57.2 Å². The fourth-order valence-electron chi connectivity index (χ4n) is 13.1. The minimum Gasteiger partial charge on any atom is -0.459 e. The Morgan fingerprint density at radius 1 is 0.987 bits per heavy atom. The zero-order valence-electron chi connectivity index (χ0n) is 47.5. The van der Waals surface area contributed by atoms with E-state index in [-0.39, 0.29) is 42.6 Å². The molecule has 6 rings (SSSR count). The molecular formula is C55H92FN5O14S. The predicted octanol–water partition coefficient (Wildman–Crippen LogP) is 4.18. The maximum absolute atomic E-state index is 14.9. The summed E-state index contributed by atoms with van der Waals surface area (Å²) in [4.78, 5) is 18.6. The summed E-state index contributed by atoms with van der Waals surface area (Å²) in [5, 5.41) is 69.0. The highest BCUT2D eigenvalue weighted by molar-refractivity contribution is 7.91. The summed E-state index contributed by atoms with van der Waals surface area (Å²) in [6.45, 7) is 17.8. The summed E-state index contributed by atoms with van der Waals surface area (Å²) in [6, 6.07) is 5.54. The lowest BCUT2D eigenvalue weighted by Crippen LogP contribution is -2.62. The Hall–Kier alpha value is -2.77. The van der Waals surface area contributed by atoms with E-state index in [1.807, 2.05) is 68.9 Å². The van der Waals surface area contributed by atoms with Crippen LogP contribution in [0.4, 0.5) is 4.39 Å². The third-order valence-electron chi connectivity index (χ3n) is 17.8. The minimum absolute atomic E-state index is 0.0761. The van der Waals surface area contributed by atoms with Gasteiger partial charge in [0.2, 0.25) is 0 Å². The minimum atomic E-state index is -3.06. The van der Waals surface area contributed by atoms with Gasteiger partial charge in [0.25, 0.3) is 0 Å². The molecule has 0 saturated carbocycles. The van der Waals surface area contributed by atoms with Crippen LogP contribution in [0.2, 0.25) is 0 Å². The zero-order chi connectivity index (χ0) is 56.4. The molecule has 4 saturated heterocycles. The molecule has 0 spiro atoms. The van der Waals surface area contributed by atoms with Crippen LogP contribution in [0.25, 0.3) is 0 Å². The maximum Gasteiger partial charge on any atom is 0.309 e. The van der Waals surface area contributed by atoms with Crippen molar-refractivity contribution < 1.29 is 71.6 Å². The molecule has 76 heavy (non-hydrogen) atoms. The second kappa shape index (κ2) is 25.4. The van der Waals surface area contributed by atoms with Crippen molar-refractivity contribution in [3.63, 3.8) is 0 Å². The fraction of sp³-hybridized carbons (Fsp3) is 0.836. The molecule has 4 aliphatic heterocycles. The van der Waals surface area contributed by atoms with Crippen molar-refractivity contribution in [1.82, 2.24) is 24.8 Å². The number of esters is 1. The van der Waals surface area contributed by atoms with Crippen molar-refractivity contribution in [1.29, 1.82) is 0 Å². The number of likely N-dealkylation sites (N-methyl/N-ethyl adjacent to an activating group) is 2. The van der Waals surface area contributed by atoms with Gasteiger partial charge in [-0.15, -0.1) is 5.10 Å². The first kappa shape index (κ1) is 62.4. The summed E-state index contributed by atoms with van der Waals surface area (Å²) in [5.74, 6) is -3.10. The lowest BCUT2D eigenvalue weighted by atomic mass is 9.68. The number of carbonyl (C=O) groups is 1. The smallest absolute Gasteiger partial charge is 0.309 e. The number of alkyl halides is 1. The number of aromatic nitrogens is 3. The summed E-state index contributed by atoms with van der Waals surface area (Å²) < 4.78 is 78.6. The molecular weight excluding hydrogens is 1010 g/mol. The van der Waals surface area contributed by atoms with E-state index < -0.39 is 136 Å². The lowest BCUT2D eigenvalue weighted by molar-refractivity contribution is -0.302. The average molecular weight is 1100 g/mol. The molecule has 21 atom stereocenters. The van der Waals surface area contributed by atoms with E-state index in [9.17, 15) is 43.1 Å². The normalized spacial score (nSPS) is 41.2. The van der Waals surface area contributed by atoms with Gasteiger partial charge in [0.15, 0.2) is 16.1 Å². The van der Waals surface area contributed by atoms with Crippen molar-refractivity contribution in [2.75, 3.05) is 59.6 Å². The molecule has 4 fully saturated rings. The standard InChI is InChI=1S/C55H92FN5O14S/c1-15-44-55(10,67)48(63)35(6)60(12)28-31(2)25-53(8,66)50(33(4)45(34(5)51(65)74-44)43-26-54(9,71-14)49(64)36(7)73-43)75-52-46(62)41(24-32(3)72-52)59(11)22-20-40-29-61(58-57-40)42(27-56)47(70-13)38-18-16-37(17-19-38)39-21-23-76(68,69)30-39/h16-19,29,31-36,39,41-50,52,62-64,66-67H,15,20-28,30H2,1-14H3/t31-,32-,33+,34-,35-,36+,39?,41+,42-,43?,44-,45+,46-,47-,48-,49+,50-,52+,53-,54-,55-/m1/s1. The van der Waals surface area contributed by atoms with Crippen LogP contribution in [0.3, 0.4) is 0 Å². The number of ether oxygens (including phenoxy) is 6. The number of methoxy groups -OCH3 is 2.